The van der Waals surface area contributed by atoms with Crippen molar-refractivity contribution in [2.24, 2.45) is 5.41 Å². The van der Waals surface area contributed by atoms with Crippen molar-refractivity contribution in [3.63, 3.8) is 0 Å². The lowest BCUT2D eigenvalue weighted by atomic mass is 9.69. The molecule has 6 heteroatoms. The molecule has 0 aromatic heterocycles. The lowest BCUT2D eigenvalue weighted by molar-refractivity contribution is -0.142. The second kappa shape index (κ2) is 9.34. The molecule has 2 aliphatic heterocycles. The number of amides is 2. The Kier molecular flexibility index (Phi) is 6.60. The number of fused-ring (bicyclic) bond motifs is 1. The van der Waals surface area contributed by atoms with Gasteiger partial charge in [-0.2, -0.15) is 0 Å². The number of nitrogens with zero attached hydrogens (tertiary/aromatic N) is 2. The first-order chi connectivity index (χ1) is 16.6. The summed E-state index contributed by atoms with van der Waals surface area (Å²) >= 11 is 0. The van der Waals surface area contributed by atoms with Crippen molar-refractivity contribution < 1.29 is 19.1 Å². The smallest absolute Gasteiger partial charge is 0.418 e. The maximum atomic E-state index is 14.4. The molecular formula is C29H34N2O4. The zero-order valence-electron chi connectivity index (χ0n) is 21.2. The van der Waals surface area contributed by atoms with E-state index < -0.39 is 17.2 Å². The van der Waals surface area contributed by atoms with Gasteiger partial charge in [-0.1, -0.05) is 68.5 Å². The van der Waals surface area contributed by atoms with Crippen molar-refractivity contribution in [3.8, 4) is 0 Å². The average molecular weight is 475 g/mol. The highest BCUT2D eigenvalue weighted by atomic mass is 16.5. The highest BCUT2D eigenvalue weighted by Crippen LogP contribution is 2.49. The van der Waals surface area contributed by atoms with Gasteiger partial charge in [-0.25, -0.2) is 4.79 Å². The first-order valence-electron chi connectivity index (χ1n) is 11.9. The minimum Gasteiger partial charge on any atom is -0.452 e. The lowest BCUT2D eigenvalue weighted by Crippen LogP contribution is -2.51. The molecule has 1 fully saturated rings. The number of allylic oxidation sites excluding steroid dienone is 1. The third-order valence-electron chi connectivity index (χ3n) is 7.08. The maximum absolute atomic E-state index is 14.4. The summed E-state index contributed by atoms with van der Waals surface area (Å²) in [4.78, 5) is 30.4. The van der Waals surface area contributed by atoms with E-state index in [1.807, 2.05) is 67.3 Å². The van der Waals surface area contributed by atoms with Gasteiger partial charge >= 0.3 is 6.09 Å². The van der Waals surface area contributed by atoms with E-state index in [0.717, 1.165) is 11.1 Å². The summed E-state index contributed by atoms with van der Waals surface area (Å²) in [6.45, 7) is 12.4. The molecule has 4 rings (SSSR count). The second-order valence-corrected chi connectivity index (χ2v) is 10.2. The van der Waals surface area contributed by atoms with Crippen LogP contribution in [-0.4, -0.2) is 42.4 Å². The third-order valence-corrected chi connectivity index (χ3v) is 7.08. The third kappa shape index (κ3) is 4.50. The van der Waals surface area contributed by atoms with Gasteiger partial charge in [0.25, 0.3) is 5.91 Å². The molecule has 35 heavy (non-hydrogen) atoms. The molecule has 0 aliphatic carbocycles. The monoisotopic (exact) mass is 474 g/mol. The van der Waals surface area contributed by atoms with Crippen molar-refractivity contribution in [1.82, 2.24) is 4.90 Å². The standard InChI is InChI=1S/C29H34N2O4/c1-7-28(2,3)25-22-15-11-12-16-24(22)30(27(33)34-6)18-23(25)26(32)31-21(19-35-29(31,4)5)17-20-13-9-8-10-14-20/h7-16,18,21,25H,1,17,19H2,2-6H3/t21-,25-/m0/s1. The van der Waals surface area contributed by atoms with Gasteiger partial charge in [0, 0.05) is 17.7 Å². The van der Waals surface area contributed by atoms with Crippen LogP contribution in [0, 0.1) is 5.41 Å². The van der Waals surface area contributed by atoms with Crippen LogP contribution >= 0.6 is 0 Å². The van der Waals surface area contributed by atoms with E-state index in [0.29, 0.717) is 24.3 Å². The Balaban J connectivity index is 1.82. The number of para-hydroxylation sites is 1. The SMILES string of the molecule is C=CC(C)(C)[C@@H]1C(C(=O)N2[C@@H](Cc3ccccc3)COC2(C)C)=CN(C(=O)OC)c2ccccc21. The summed E-state index contributed by atoms with van der Waals surface area (Å²) in [5.41, 5.74) is 1.97. The summed E-state index contributed by atoms with van der Waals surface area (Å²) in [7, 11) is 1.34. The largest absolute Gasteiger partial charge is 0.452 e. The molecule has 2 aromatic rings. The molecule has 184 valence electrons. The minimum atomic E-state index is -0.798. The minimum absolute atomic E-state index is 0.142. The molecule has 1 saturated heterocycles. The number of anilines is 1. The van der Waals surface area contributed by atoms with Crippen molar-refractivity contribution >= 4 is 17.7 Å². The Hall–Kier alpha value is -3.38. The number of hydrogen-bond donors (Lipinski definition) is 0. The van der Waals surface area contributed by atoms with Crippen molar-refractivity contribution in [2.75, 3.05) is 18.6 Å². The van der Waals surface area contributed by atoms with Gasteiger partial charge in [0.2, 0.25) is 0 Å². The quantitative estimate of drug-likeness (QED) is 0.525. The van der Waals surface area contributed by atoms with E-state index in [-0.39, 0.29) is 17.9 Å². The highest BCUT2D eigenvalue weighted by molar-refractivity contribution is 6.02. The molecule has 0 unspecified atom stereocenters. The summed E-state index contributed by atoms with van der Waals surface area (Å²) in [5.74, 6) is -0.463. The van der Waals surface area contributed by atoms with Crippen LogP contribution in [0.25, 0.3) is 0 Å². The summed E-state index contributed by atoms with van der Waals surface area (Å²) in [6.07, 6.45) is 3.64. The van der Waals surface area contributed by atoms with E-state index in [4.69, 9.17) is 9.47 Å². The van der Waals surface area contributed by atoms with E-state index in [1.165, 1.54) is 12.0 Å². The van der Waals surface area contributed by atoms with Gasteiger partial charge in [-0.05, 0) is 42.9 Å². The fourth-order valence-electron chi connectivity index (χ4n) is 5.22. The molecule has 0 saturated carbocycles. The first-order valence-corrected chi connectivity index (χ1v) is 11.9. The zero-order chi connectivity index (χ0) is 25.4. The van der Waals surface area contributed by atoms with Crippen LogP contribution in [0.5, 0.6) is 0 Å². The topological polar surface area (TPSA) is 59.1 Å². The Morgan fingerprint density at radius 3 is 2.46 bits per heavy atom. The number of rotatable bonds is 5. The van der Waals surface area contributed by atoms with Gasteiger partial charge < -0.3 is 14.4 Å². The van der Waals surface area contributed by atoms with Crippen molar-refractivity contribution in [1.29, 1.82) is 0 Å². The molecule has 2 aliphatic rings. The van der Waals surface area contributed by atoms with Gasteiger partial charge in [-0.3, -0.25) is 9.69 Å². The fraction of sp³-hybridized carbons (Fsp3) is 0.379. The van der Waals surface area contributed by atoms with Crippen LogP contribution in [0.4, 0.5) is 10.5 Å². The molecule has 2 amide bonds. The first kappa shape index (κ1) is 24.7. The van der Waals surface area contributed by atoms with E-state index in [2.05, 4.69) is 32.6 Å². The van der Waals surface area contributed by atoms with Crippen LogP contribution in [0.1, 0.15) is 44.7 Å². The van der Waals surface area contributed by atoms with Gasteiger partial charge in [0.1, 0.15) is 5.72 Å². The normalized spacial score (nSPS) is 21.2. The molecule has 0 bridgehead atoms. The van der Waals surface area contributed by atoms with Gasteiger partial charge in [0.15, 0.2) is 0 Å². The number of ether oxygens (including phenoxy) is 2. The lowest BCUT2D eigenvalue weighted by Gasteiger charge is -2.42. The van der Waals surface area contributed by atoms with E-state index in [9.17, 15) is 9.59 Å². The molecule has 6 nitrogen and oxygen atoms in total. The molecule has 0 radical (unpaired) electrons. The van der Waals surface area contributed by atoms with Gasteiger partial charge in [-0.15, -0.1) is 6.58 Å². The van der Waals surface area contributed by atoms with Crippen molar-refractivity contribution in [2.45, 2.75) is 51.8 Å². The van der Waals surface area contributed by atoms with Crippen LogP contribution in [0.2, 0.25) is 0 Å². The predicted molar refractivity (Wildman–Crippen MR) is 137 cm³/mol. The molecule has 0 N–H and O–H groups in total. The number of benzene rings is 2. The number of carbonyl (C=O) groups excluding carboxylic acids is 2. The number of carbonyl (C=O) groups is 2. The second-order valence-electron chi connectivity index (χ2n) is 10.2. The van der Waals surface area contributed by atoms with E-state index >= 15 is 0 Å². The average Bonchev–Trinajstić information content (AvgIpc) is 3.15. The van der Waals surface area contributed by atoms with E-state index in [1.54, 1.807) is 6.20 Å². The van der Waals surface area contributed by atoms with Crippen LogP contribution < -0.4 is 4.90 Å². The molecular weight excluding hydrogens is 440 g/mol. The van der Waals surface area contributed by atoms with Crippen LogP contribution in [0.3, 0.4) is 0 Å². The number of hydrogen-bond acceptors (Lipinski definition) is 4. The van der Waals surface area contributed by atoms with Crippen LogP contribution in [0.15, 0.2) is 79.0 Å². The molecule has 0 spiro atoms. The Bertz CT molecular complexity index is 1150. The Labute approximate surface area is 207 Å². The molecule has 2 heterocycles. The molecule has 2 atom stereocenters. The highest BCUT2D eigenvalue weighted by Gasteiger charge is 2.49. The Morgan fingerprint density at radius 2 is 1.80 bits per heavy atom. The van der Waals surface area contributed by atoms with Crippen molar-refractivity contribution in [3.05, 3.63) is 90.2 Å². The molecule has 2 aromatic carbocycles. The van der Waals surface area contributed by atoms with Gasteiger partial charge in [0.05, 0.1) is 25.4 Å². The zero-order valence-corrected chi connectivity index (χ0v) is 21.2. The fourth-order valence-corrected chi connectivity index (χ4v) is 5.22. The van der Waals surface area contributed by atoms with Crippen LogP contribution in [-0.2, 0) is 20.7 Å². The predicted octanol–water partition coefficient (Wildman–Crippen LogP) is 5.66. The Morgan fingerprint density at radius 1 is 1.14 bits per heavy atom. The summed E-state index contributed by atoms with van der Waals surface area (Å²) < 4.78 is 11.2. The summed E-state index contributed by atoms with van der Waals surface area (Å²) in [6, 6.07) is 17.6. The maximum Gasteiger partial charge on any atom is 0.418 e. The summed E-state index contributed by atoms with van der Waals surface area (Å²) in [5, 5.41) is 0. The number of methoxy groups -OCH3 is 1.